The first-order chi connectivity index (χ1) is 47.0. The summed E-state index contributed by atoms with van der Waals surface area (Å²) < 4.78 is 196. The van der Waals surface area contributed by atoms with Crippen LogP contribution in [0.4, 0.5) is 43.8 Å². The van der Waals surface area contributed by atoms with Gasteiger partial charge in [-0.05, 0) is 127 Å². The molecule has 3 N–H and O–H groups in total. The number of carbonyl (C=O) groups is 3. The first-order valence-electron chi connectivity index (χ1n) is 30.1. The summed E-state index contributed by atoms with van der Waals surface area (Å²) in [5.74, 6) is -12.8. The molecule has 3 amide bonds. The highest BCUT2D eigenvalue weighted by atomic mass is 35.5. The van der Waals surface area contributed by atoms with Crippen LogP contribution in [0.15, 0.2) is 124 Å². The summed E-state index contributed by atoms with van der Waals surface area (Å²) in [5, 5.41) is 7.71. The van der Waals surface area contributed by atoms with Crippen molar-refractivity contribution < 1.29 is 114 Å². The van der Waals surface area contributed by atoms with Crippen LogP contribution in [-0.4, -0.2) is 146 Å². The summed E-state index contributed by atoms with van der Waals surface area (Å²) in [7, 11) is -11.2. The van der Waals surface area contributed by atoms with E-state index in [0.717, 1.165) is 24.2 Å². The van der Waals surface area contributed by atoms with Crippen molar-refractivity contribution in [1.82, 2.24) is 28.7 Å². The minimum Gasteiger partial charge on any atom is -0.497 e. The molecule has 540 valence electrons. The SMILES string of the molecule is CC(C)OP1(=O)OC[C@H]2OC(n3ccc(NC(=O)c4ccc(Cl)cc4)nc3=O)C(F)(F)[C@@H]2O1.COc1ccc(C(=O)Nc2ccn(C3O[C@@H]4COP(=O)(OC(C)C)O[C@H]4C3(F)F)c(=O)n2)cc1.Cc1ccc(C(=O)Nc2ccn(C3O[C@@H]4COP(=O)(OC(C)C)O[C@H]4C3(F)F)c(=O)n2)cc1. The molecular weight excluding hydrogens is 1430 g/mol. The standard InChI is InChI=1S/C20H22F2N3O8P.C20H22F2N3O7P.C19H19ClF2N3O7P/c1-11(2)32-34(28)30-10-14-16(33-34)20(21,22)18(31-14)25-9-8-15(24-19(25)27)23-17(26)12-4-6-13(29-3)7-5-12;1-11(2)31-33(28)29-10-14-16(32-33)20(21,22)18(30-14)25-9-8-15(24-19(25)27)23-17(26)13-6-4-12(3)5-7-13;1-10(2)31-33(28)29-9-13-15(32-33)19(21,22)17(30-13)25-8-7-14(24-18(25)27)23-16(26)11-3-5-12(20)6-4-11/h4-9,11,14,16,18H,10H2,1-3H3,(H,23,24,26,27);4-9,11,14,16,18H,10H2,1-3H3,(H,23,24,26,27);3-8,10,13,15,17H,9H2,1-2H3,(H,23,24,26,27)/t14-,16-,18?,34?;14-,16-,18?,33?;13-,15-,17?,33?/m111/s1. The van der Waals surface area contributed by atoms with Gasteiger partial charge in [-0.3, -0.25) is 68.8 Å². The number of halogens is 7. The Bertz CT molecular complexity index is 4170. The average Bonchev–Trinajstić information content (AvgIpc) is 1.60. The molecule has 6 fully saturated rings. The van der Waals surface area contributed by atoms with Crippen molar-refractivity contribution >= 4 is 70.2 Å². The fourth-order valence-electron chi connectivity index (χ4n) is 10.2. The predicted octanol–water partition coefficient (Wildman–Crippen LogP) is 9.90. The van der Waals surface area contributed by atoms with Gasteiger partial charge in [0.05, 0.1) is 45.2 Å². The van der Waals surface area contributed by atoms with Gasteiger partial charge in [0.25, 0.3) is 17.7 Å². The number of ether oxygens (including phenoxy) is 4. The van der Waals surface area contributed by atoms with Crippen molar-refractivity contribution in [2.45, 2.75) is 140 Å². The van der Waals surface area contributed by atoms with E-state index >= 15 is 26.3 Å². The molecule has 6 aromatic rings. The minimum absolute atomic E-state index is 0.116. The molecule has 41 heteroatoms. The lowest BCUT2D eigenvalue weighted by molar-refractivity contribution is -0.139. The van der Waals surface area contributed by atoms with Gasteiger partial charge in [0.2, 0.25) is 18.7 Å². The Morgan fingerprint density at radius 2 is 0.770 bits per heavy atom. The smallest absolute Gasteiger partial charge is 0.475 e. The van der Waals surface area contributed by atoms with Crippen molar-refractivity contribution in [1.29, 1.82) is 0 Å². The summed E-state index contributed by atoms with van der Waals surface area (Å²) >= 11 is 5.78. The summed E-state index contributed by atoms with van der Waals surface area (Å²) in [6, 6.07) is 22.4. The van der Waals surface area contributed by atoms with Gasteiger partial charge in [-0.25, -0.2) is 28.1 Å². The normalized spacial score (nSPS) is 28.3. The lowest BCUT2D eigenvalue weighted by Gasteiger charge is -2.32. The molecule has 0 spiro atoms. The van der Waals surface area contributed by atoms with Crippen molar-refractivity contribution in [3.63, 3.8) is 0 Å². The second-order valence-corrected chi connectivity index (χ2v) is 28.5. The number of nitrogens with zero attached hydrogens (tertiary/aromatic N) is 6. The third-order valence-electron chi connectivity index (χ3n) is 14.7. The van der Waals surface area contributed by atoms with Crippen molar-refractivity contribution in [2.24, 2.45) is 0 Å². The number of anilines is 3. The first-order valence-corrected chi connectivity index (χ1v) is 34.9. The number of hydrogen-bond donors (Lipinski definition) is 3. The van der Waals surface area contributed by atoms with Crippen molar-refractivity contribution in [3.8, 4) is 5.75 Å². The van der Waals surface area contributed by atoms with Crippen molar-refractivity contribution in [3.05, 3.63) is 168 Å². The molecule has 0 saturated carbocycles. The molecule has 6 aliphatic heterocycles. The lowest BCUT2D eigenvalue weighted by Crippen LogP contribution is -2.45. The Morgan fingerprint density at radius 1 is 0.490 bits per heavy atom. The van der Waals surface area contributed by atoms with Gasteiger partial charge in [0, 0.05) is 40.3 Å². The van der Waals surface area contributed by atoms with Crippen LogP contribution in [0.25, 0.3) is 0 Å². The Morgan fingerprint density at radius 3 is 1.04 bits per heavy atom. The number of nitrogens with one attached hydrogen (secondary N) is 3. The summed E-state index contributed by atoms with van der Waals surface area (Å²) in [4.78, 5) is 85.4. The number of aromatic nitrogens is 6. The van der Waals surface area contributed by atoms with Gasteiger partial charge in [0.1, 0.15) is 41.5 Å². The van der Waals surface area contributed by atoms with Crippen LogP contribution in [0, 0.1) is 6.92 Å². The first kappa shape index (κ1) is 75.3. The fourth-order valence-corrected chi connectivity index (χ4v) is 15.1. The number of phosphoric ester groups is 3. The molecule has 6 unspecified atom stereocenters. The second-order valence-electron chi connectivity index (χ2n) is 23.3. The van der Waals surface area contributed by atoms with Crippen LogP contribution in [-0.2, 0) is 68.6 Å². The monoisotopic (exact) mass is 1490 g/mol. The Kier molecular flexibility index (Phi) is 22.5. The Balaban J connectivity index is 0.000000162. The minimum atomic E-state index is -4.23. The van der Waals surface area contributed by atoms with Crippen LogP contribution in [0.3, 0.4) is 0 Å². The number of amides is 3. The molecule has 12 atom stereocenters. The zero-order valence-corrected chi connectivity index (χ0v) is 57.0. The molecular formula is C59H63ClF6N9O22P3. The highest BCUT2D eigenvalue weighted by Crippen LogP contribution is 2.63. The van der Waals surface area contributed by atoms with E-state index in [1.807, 2.05) is 6.92 Å². The largest absolute Gasteiger partial charge is 0.497 e. The third-order valence-corrected chi connectivity index (χ3v) is 19.9. The van der Waals surface area contributed by atoms with Crippen LogP contribution >= 0.6 is 35.1 Å². The predicted molar refractivity (Wildman–Crippen MR) is 336 cm³/mol. The topological polar surface area (TPSA) is 363 Å². The van der Waals surface area contributed by atoms with Gasteiger partial charge < -0.3 is 34.9 Å². The molecule has 0 bridgehead atoms. The van der Waals surface area contributed by atoms with Gasteiger partial charge in [-0.2, -0.15) is 41.3 Å². The van der Waals surface area contributed by atoms with E-state index in [0.29, 0.717) is 30.0 Å². The molecule has 9 heterocycles. The lowest BCUT2D eigenvalue weighted by atomic mass is 10.1. The maximum absolute atomic E-state index is 15.1. The van der Waals surface area contributed by atoms with E-state index in [9.17, 15) is 42.5 Å². The molecule has 31 nitrogen and oxygen atoms in total. The summed E-state index contributed by atoms with van der Waals surface area (Å²) in [6.45, 7) is 9.74. The highest BCUT2D eigenvalue weighted by molar-refractivity contribution is 7.49. The van der Waals surface area contributed by atoms with E-state index in [4.69, 9.17) is 71.3 Å². The molecule has 6 saturated heterocycles. The van der Waals surface area contributed by atoms with E-state index < -0.39 is 169 Å². The molecule has 0 aliphatic carbocycles. The molecule has 3 aromatic carbocycles. The van der Waals surface area contributed by atoms with E-state index in [1.165, 1.54) is 61.7 Å². The molecule has 6 aliphatic rings. The van der Waals surface area contributed by atoms with Crippen LogP contribution in [0.1, 0.15) is 96.9 Å². The number of fused-ring (bicyclic) bond motifs is 3. The molecule has 0 radical (unpaired) electrons. The average molecular weight is 1490 g/mol. The summed E-state index contributed by atoms with van der Waals surface area (Å²) in [5.41, 5.74) is -1.45. The van der Waals surface area contributed by atoms with Crippen LogP contribution < -0.4 is 37.8 Å². The number of aryl methyl sites for hydroxylation is 1. The number of benzene rings is 3. The number of hydrogen-bond acceptors (Lipinski definition) is 25. The van der Waals surface area contributed by atoms with E-state index in [2.05, 4.69) is 30.9 Å². The third kappa shape index (κ3) is 16.9. The fraction of sp³-hybridized carbons (Fsp3) is 0.441. The second kappa shape index (κ2) is 29.9. The maximum atomic E-state index is 15.1. The van der Waals surface area contributed by atoms with Gasteiger partial charge in [-0.15, -0.1) is 0 Å². The Hall–Kier alpha value is -7.41. The number of phosphoric acid groups is 3. The molecule has 12 rings (SSSR count). The molecule has 3 aromatic heterocycles. The van der Waals surface area contributed by atoms with Gasteiger partial charge in [0.15, 0.2) is 18.3 Å². The number of methoxy groups -OCH3 is 1. The quantitative estimate of drug-likeness (QED) is 0.0599. The summed E-state index contributed by atoms with van der Waals surface area (Å²) in [6.07, 6.45) is -14.7. The van der Waals surface area contributed by atoms with Gasteiger partial charge in [-0.1, -0.05) is 29.3 Å². The number of rotatable bonds is 16. The number of carbonyl (C=O) groups excluding carboxylic acids is 3. The number of alkyl halides is 6. The highest BCUT2D eigenvalue weighted by Gasteiger charge is 2.68. The molecule has 100 heavy (non-hydrogen) atoms. The van der Waals surface area contributed by atoms with Gasteiger partial charge >= 0.3 is 58.3 Å². The zero-order chi connectivity index (χ0) is 72.6. The van der Waals surface area contributed by atoms with E-state index in [-0.39, 0.29) is 28.6 Å². The van der Waals surface area contributed by atoms with Crippen molar-refractivity contribution in [2.75, 3.05) is 42.9 Å². The zero-order valence-electron chi connectivity index (χ0n) is 53.6. The maximum Gasteiger partial charge on any atom is 0.475 e. The van der Waals surface area contributed by atoms with E-state index in [1.54, 1.807) is 77.9 Å². The van der Waals surface area contributed by atoms with Crippen LogP contribution in [0.2, 0.25) is 5.02 Å². The van der Waals surface area contributed by atoms with Crippen LogP contribution in [0.5, 0.6) is 5.75 Å². The Labute approximate surface area is 567 Å².